The molecule has 0 heterocycles. The largest absolute Gasteiger partial charge is 0.493 e. The third kappa shape index (κ3) is 7.79. The lowest BCUT2D eigenvalue weighted by Gasteiger charge is -2.32. The van der Waals surface area contributed by atoms with E-state index < -0.39 is 28.5 Å². The van der Waals surface area contributed by atoms with Crippen LogP contribution in [0.25, 0.3) is 0 Å². The molecule has 0 aliphatic carbocycles. The molecule has 0 aliphatic rings. The summed E-state index contributed by atoms with van der Waals surface area (Å²) in [7, 11) is -1.38. The van der Waals surface area contributed by atoms with Gasteiger partial charge in [0.15, 0.2) is 11.5 Å². The Morgan fingerprint density at radius 2 is 1.46 bits per heavy atom. The fourth-order valence-electron chi connectivity index (χ4n) is 4.50. The first-order valence-corrected chi connectivity index (χ1v) is 14.8. The van der Waals surface area contributed by atoms with Crippen LogP contribution in [0.15, 0.2) is 71.6 Å². The first-order valence-electron chi connectivity index (χ1n) is 13.3. The zero-order valence-electron chi connectivity index (χ0n) is 24.7. The molecule has 2 amide bonds. The summed E-state index contributed by atoms with van der Waals surface area (Å²) in [4.78, 5) is 28.4. The number of hydrogen-bond acceptors (Lipinski definition) is 6. The predicted molar refractivity (Wildman–Crippen MR) is 160 cm³/mol. The molecule has 0 unspecified atom stereocenters. The number of amides is 2. The summed E-state index contributed by atoms with van der Waals surface area (Å²) in [6.07, 6.45) is 0. The zero-order chi connectivity index (χ0) is 30.3. The lowest BCUT2D eigenvalue weighted by atomic mass is 10.1. The van der Waals surface area contributed by atoms with E-state index in [1.54, 1.807) is 19.1 Å². The quantitative estimate of drug-likeness (QED) is 0.339. The maximum Gasteiger partial charge on any atom is 0.264 e. The van der Waals surface area contributed by atoms with Crippen molar-refractivity contribution < 1.29 is 27.5 Å². The van der Waals surface area contributed by atoms with Crippen molar-refractivity contribution in [3.05, 3.63) is 83.4 Å². The van der Waals surface area contributed by atoms with Gasteiger partial charge in [0, 0.05) is 18.7 Å². The average Bonchev–Trinajstić information content (AvgIpc) is 2.93. The number of carbonyl (C=O) groups excluding carboxylic acids is 2. The highest BCUT2D eigenvalue weighted by Gasteiger charge is 2.33. The Morgan fingerprint density at radius 3 is 2.02 bits per heavy atom. The van der Waals surface area contributed by atoms with Crippen LogP contribution in [0, 0.1) is 13.8 Å². The Labute approximate surface area is 243 Å². The van der Waals surface area contributed by atoms with Crippen molar-refractivity contribution >= 4 is 27.5 Å². The minimum Gasteiger partial charge on any atom is -0.493 e. The predicted octanol–water partition coefficient (Wildman–Crippen LogP) is 4.46. The highest BCUT2D eigenvalue weighted by atomic mass is 32.2. The van der Waals surface area contributed by atoms with Crippen molar-refractivity contribution in [1.82, 2.24) is 10.2 Å². The third-order valence-corrected chi connectivity index (χ3v) is 8.28. The Morgan fingerprint density at radius 1 is 0.854 bits per heavy atom. The van der Waals surface area contributed by atoms with Crippen LogP contribution < -0.4 is 19.1 Å². The van der Waals surface area contributed by atoms with Gasteiger partial charge in [-0.3, -0.25) is 13.9 Å². The number of rotatable bonds is 12. The van der Waals surface area contributed by atoms with E-state index in [0.717, 1.165) is 21.0 Å². The van der Waals surface area contributed by atoms with E-state index in [-0.39, 0.29) is 29.1 Å². The van der Waals surface area contributed by atoms with Crippen LogP contribution >= 0.6 is 0 Å². The van der Waals surface area contributed by atoms with E-state index in [4.69, 9.17) is 9.47 Å². The number of anilines is 1. The normalized spacial score (nSPS) is 12.0. The molecule has 9 nitrogen and oxygen atoms in total. The molecule has 0 saturated heterocycles. The SMILES string of the molecule is COc1ccc(S(=O)(=O)N(CC(=O)N(Cc2ccccc2)[C@@H](C)C(=O)NC(C)C)c2cc(C)cc(C)c2)cc1OC. The minimum absolute atomic E-state index is 0.0673. The maximum absolute atomic E-state index is 14.2. The summed E-state index contributed by atoms with van der Waals surface area (Å²) in [6.45, 7) is 8.65. The van der Waals surface area contributed by atoms with Gasteiger partial charge in [0.25, 0.3) is 10.0 Å². The third-order valence-electron chi connectivity index (χ3n) is 6.51. The summed E-state index contributed by atoms with van der Waals surface area (Å²) >= 11 is 0. The molecule has 0 aliphatic heterocycles. The van der Waals surface area contributed by atoms with Crippen molar-refractivity contribution in [3.63, 3.8) is 0 Å². The second kappa shape index (κ2) is 13.5. The van der Waals surface area contributed by atoms with Gasteiger partial charge in [0.05, 0.1) is 24.8 Å². The molecule has 3 aromatic carbocycles. The lowest BCUT2D eigenvalue weighted by Crippen LogP contribution is -2.52. The van der Waals surface area contributed by atoms with Crippen molar-refractivity contribution in [3.8, 4) is 11.5 Å². The molecule has 1 N–H and O–H groups in total. The van der Waals surface area contributed by atoms with Crippen molar-refractivity contribution in [2.45, 2.75) is 58.1 Å². The number of sulfonamides is 1. The van der Waals surface area contributed by atoms with Crippen molar-refractivity contribution in [1.29, 1.82) is 0 Å². The van der Waals surface area contributed by atoms with Crippen LogP contribution in [-0.2, 0) is 26.2 Å². The zero-order valence-corrected chi connectivity index (χ0v) is 25.5. The van der Waals surface area contributed by atoms with Crippen LogP contribution in [0.1, 0.15) is 37.5 Å². The van der Waals surface area contributed by atoms with E-state index in [1.807, 2.05) is 64.1 Å². The van der Waals surface area contributed by atoms with E-state index in [2.05, 4.69) is 5.32 Å². The molecule has 3 aromatic rings. The second-order valence-corrected chi connectivity index (χ2v) is 12.1. The molecular weight excluding hydrogens is 542 g/mol. The van der Waals surface area contributed by atoms with Gasteiger partial charge in [-0.05, 0) is 75.6 Å². The number of methoxy groups -OCH3 is 2. The van der Waals surface area contributed by atoms with E-state index in [1.165, 1.54) is 37.3 Å². The number of nitrogens with zero attached hydrogens (tertiary/aromatic N) is 2. The number of nitrogens with one attached hydrogen (secondary N) is 1. The Kier molecular flexibility index (Phi) is 10.4. The van der Waals surface area contributed by atoms with Crippen molar-refractivity contribution in [2.24, 2.45) is 0 Å². The monoisotopic (exact) mass is 581 g/mol. The number of ether oxygens (including phenoxy) is 2. The first-order chi connectivity index (χ1) is 19.4. The molecule has 0 bridgehead atoms. The fraction of sp³-hybridized carbons (Fsp3) is 0.355. The molecule has 0 radical (unpaired) electrons. The van der Waals surface area contributed by atoms with Gasteiger partial charge in [0.2, 0.25) is 11.8 Å². The second-order valence-electron chi connectivity index (χ2n) is 10.2. The molecule has 3 rings (SSSR count). The molecule has 0 aromatic heterocycles. The number of benzene rings is 3. The molecule has 1 atom stereocenters. The topological polar surface area (TPSA) is 105 Å². The summed E-state index contributed by atoms with van der Waals surface area (Å²) < 4.78 is 40.0. The van der Waals surface area contributed by atoms with Gasteiger partial charge in [-0.2, -0.15) is 0 Å². The van der Waals surface area contributed by atoms with Crippen LogP contribution in [0.3, 0.4) is 0 Å². The highest BCUT2D eigenvalue weighted by molar-refractivity contribution is 7.92. The molecule has 220 valence electrons. The van der Waals surface area contributed by atoms with Gasteiger partial charge in [-0.25, -0.2) is 8.42 Å². The number of hydrogen-bond donors (Lipinski definition) is 1. The van der Waals surface area contributed by atoms with Gasteiger partial charge in [0.1, 0.15) is 12.6 Å². The molecule has 0 fully saturated rings. The first kappa shape index (κ1) is 31.5. The summed E-state index contributed by atoms with van der Waals surface area (Å²) in [5.41, 5.74) is 2.83. The maximum atomic E-state index is 14.2. The Hall–Kier alpha value is -4.05. The molecule has 41 heavy (non-hydrogen) atoms. The molecule has 0 saturated carbocycles. The van der Waals surface area contributed by atoms with Crippen LogP contribution in [0.5, 0.6) is 11.5 Å². The van der Waals surface area contributed by atoms with E-state index in [9.17, 15) is 18.0 Å². The standard InChI is InChI=1S/C31H39N3O6S/c1-21(2)32-31(36)24(5)33(19-25-11-9-8-10-12-25)30(35)20-34(26-16-22(3)15-23(4)17-26)41(37,38)27-13-14-28(39-6)29(18-27)40-7/h8-18,21,24H,19-20H2,1-7H3,(H,32,36)/t24-/m0/s1. The molecular formula is C31H39N3O6S. The van der Waals surface area contributed by atoms with E-state index in [0.29, 0.717) is 11.4 Å². The van der Waals surface area contributed by atoms with Gasteiger partial charge in [-0.1, -0.05) is 36.4 Å². The number of aryl methyl sites for hydroxylation is 2. The van der Waals surface area contributed by atoms with Gasteiger partial charge in [-0.15, -0.1) is 0 Å². The van der Waals surface area contributed by atoms with E-state index >= 15 is 0 Å². The summed E-state index contributed by atoms with van der Waals surface area (Å²) in [5.74, 6) is -0.238. The van der Waals surface area contributed by atoms with Crippen LogP contribution in [0.2, 0.25) is 0 Å². The summed E-state index contributed by atoms with van der Waals surface area (Å²) in [5, 5.41) is 2.85. The van der Waals surface area contributed by atoms with Crippen molar-refractivity contribution in [2.75, 3.05) is 25.1 Å². The molecule has 0 spiro atoms. The lowest BCUT2D eigenvalue weighted by molar-refractivity contribution is -0.139. The minimum atomic E-state index is -4.26. The average molecular weight is 582 g/mol. The van der Waals surface area contributed by atoms with Crippen LogP contribution in [0.4, 0.5) is 5.69 Å². The fourth-order valence-corrected chi connectivity index (χ4v) is 5.91. The number of carbonyl (C=O) groups is 2. The van der Waals surface area contributed by atoms with Gasteiger partial charge >= 0.3 is 0 Å². The highest BCUT2D eigenvalue weighted by Crippen LogP contribution is 2.33. The van der Waals surface area contributed by atoms with Gasteiger partial charge < -0.3 is 19.7 Å². The Bertz CT molecular complexity index is 1450. The smallest absolute Gasteiger partial charge is 0.264 e. The molecule has 10 heteroatoms. The Balaban J connectivity index is 2.10. The van der Waals surface area contributed by atoms with Crippen LogP contribution in [-0.4, -0.2) is 58.0 Å². The summed E-state index contributed by atoms with van der Waals surface area (Å²) in [6, 6.07) is 17.9.